The molecular formula is C6H3Cl2NO. The van der Waals surface area contributed by atoms with E-state index in [2.05, 4.69) is 0 Å². The van der Waals surface area contributed by atoms with E-state index in [0.717, 1.165) is 0 Å². The normalized spacial score (nSPS) is 18.6. The van der Waals surface area contributed by atoms with Gasteiger partial charge in [-0.15, -0.1) is 0 Å². The number of ketones is 1. The first-order valence-corrected chi connectivity index (χ1v) is 3.25. The van der Waals surface area contributed by atoms with Crippen LogP contribution < -0.4 is 0 Å². The Labute approximate surface area is 67.6 Å². The van der Waals surface area contributed by atoms with Crippen LogP contribution in [0.3, 0.4) is 0 Å². The van der Waals surface area contributed by atoms with Crippen molar-refractivity contribution >= 4 is 34.7 Å². The fourth-order valence-corrected chi connectivity index (χ4v) is 0.853. The largest absolute Gasteiger partial charge is 0.299 e. The first-order valence-electron chi connectivity index (χ1n) is 2.49. The van der Waals surface area contributed by atoms with Gasteiger partial charge in [0.05, 0.1) is 10.7 Å². The Kier molecular flexibility index (Phi) is 1.92. The van der Waals surface area contributed by atoms with Gasteiger partial charge in [0.15, 0.2) is 5.78 Å². The number of hydrogen-bond acceptors (Lipinski definition) is 2. The van der Waals surface area contributed by atoms with Gasteiger partial charge in [-0.05, 0) is 12.2 Å². The molecule has 1 N–H and O–H groups in total. The molecule has 0 fully saturated rings. The van der Waals surface area contributed by atoms with Gasteiger partial charge in [0, 0.05) is 0 Å². The third kappa shape index (κ3) is 1.13. The highest BCUT2D eigenvalue weighted by atomic mass is 35.5. The van der Waals surface area contributed by atoms with Crippen LogP contribution in [0.2, 0.25) is 0 Å². The molecule has 1 aliphatic rings. The maximum atomic E-state index is 10.7. The third-order valence-corrected chi connectivity index (χ3v) is 1.91. The smallest absolute Gasteiger partial charge is 0.198 e. The van der Waals surface area contributed by atoms with E-state index in [9.17, 15) is 4.79 Å². The number of rotatable bonds is 0. The van der Waals surface area contributed by atoms with Gasteiger partial charge < -0.3 is 0 Å². The number of carbonyl (C=O) groups excluding carboxylic acids is 1. The van der Waals surface area contributed by atoms with Crippen molar-refractivity contribution < 1.29 is 4.79 Å². The summed E-state index contributed by atoms with van der Waals surface area (Å²) < 4.78 is 0. The summed E-state index contributed by atoms with van der Waals surface area (Å²) in [5, 5.41) is 7.05. The van der Waals surface area contributed by atoms with Gasteiger partial charge in [0.2, 0.25) is 0 Å². The van der Waals surface area contributed by atoms with Gasteiger partial charge >= 0.3 is 0 Å². The summed E-state index contributed by atoms with van der Waals surface area (Å²) in [4.78, 5) is 10.7. The fraction of sp³-hybridized carbons (Fsp3) is 0. The first kappa shape index (κ1) is 7.51. The molecule has 0 spiro atoms. The van der Waals surface area contributed by atoms with Gasteiger partial charge in [0.1, 0.15) is 5.03 Å². The topological polar surface area (TPSA) is 40.9 Å². The number of nitrogens with one attached hydrogen (secondary N) is 1. The molecule has 0 unspecified atom stereocenters. The Hall–Kier alpha value is -0.600. The SMILES string of the molecule is N=C1C=CC(=O)C(Cl)=C1Cl. The molecule has 1 rings (SSSR count). The van der Waals surface area contributed by atoms with Crippen molar-refractivity contribution in [2.45, 2.75) is 0 Å². The second-order valence-corrected chi connectivity index (χ2v) is 2.50. The molecule has 0 heterocycles. The molecule has 0 aromatic rings. The van der Waals surface area contributed by atoms with Gasteiger partial charge in [-0.2, -0.15) is 0 Å². The Bertz CT molecular complexity index is 239. The summed E-state index contributed by atoms with van der Waals surface area (Å²) in [6.07, 6.45) is 2.53. The molecule has 0 saturated heterocycles. The van der Waals surface area contributed by atoms with E-state index in [1.165, 1.54) is 12.2 Å². The zero-order valence-corrected chi connectivity index (χ0v) is 6.33. The average Bonchev–Trinajstić information content (AvgIpc) is 1.93. The van der Waals surface area contributed by atoms with Crippen molar-refractivity contribution in [1.82, 2.24) is 0 Å². The molecule has 10 heavy (non-hydrogen) atoms. The molecule has 0 amide bonds. The second kappa shape index (κ2) is 2.56. The minimum atomic E-state index is -0.345. The van der Waals surface area contributed by atoms with Crippen LogP contribution in [-0.4, -0.2) is 11.5 Å². The lowest BCUT2D eigenvalue weighted by Gasteiger charge is -2.03. The van der Waals surface area contributed by atoms with E-state index in [1.54, 1.807) is 0 Å². The standard InChI is InChI=1S/C6H3Cl2NO/c7-5-3(9)1-2-4(10)6(5)8/h1-2,9H. The molecule has 4 heteroatoms. The van der Waals surface area contributed by atoms with Crippen molar-refractivity contribution in [3.05, 3.63) is 22.2 Å². The zero-order chi connectivity index (χ0) is 7.72. The maximum Gasteiger partial charge on any atom is 0.198 e. The molecule has 1 aliphatic carbocycles. The summed E-state index contributed by atoms with van der Waals surface area (Å²) in [5.41, 5.74) is 0.0752. The van der Waals surface area contributed by atoms with Crippen LogP contribution in [0, 0.1) is 5.41 Å². The van der Waals surface area contributed by atoms with Gasteiger partial charge in [0.25, 0.3) is 0 Å². The van der Waals surface area contributed by atoms with Crippen LogP contribution >= 0.6 is 23.2 Å². The van der Waals surface area contributed by atoms with Gasteiger partial charge in [-0.25, -0.2) is 0 Å². The van der Waals surface area contributed by atoms with Crippen LogP contribution in [0.25, 0.3) is 0 Å². The molecule has 0 aliphatic heterocycles. The van der Waals surface area contributed by atoms with Crippen LogP contribution in [-0.2, 0) is 4.79 Å². The Balaban J connectivity index is 3.12. The number of halogens is 2. The molecular weight excluding hydrogens is 173 g/mol. The molecule has 52 valence electrons. The monoisotopic (exact) mass is 175 g/mol. The van der Waals surface area contributed by atoms with Crippen LogP contribution in [0.1, 0.15) is 0 Å². The minimum absolute atomic E-state index is 0.0224. The number of allylic oxidation sites excluding steroid dienone is 4. The summed E-state index contributed by atoms with van der Waals surface area (Å²) in [6, 6.07) is 0. The van der Waals surface area contributed by atoms with Gasteiger partial charge in [-0.1, -0.05) is 23.2 Å². The van der Waals surface area contributed by atoms with Crippen molar-refractivity contribution in [3.8, 4) is 0 Å². The fourth-order valence-electron chi connectivity index (χ4n) is 0.532. The Morgan fingerprint density at radius 3 is 2.30 bits per heavy atom. The van der Waals surface area contributed by atoms with E-state index in [-0.39, 0.29) is 21.6 Å². The highest BCUT2D eigenvalue weighted by Gasteiger charge is 2.15. The summed E-state index contributed by atoms with van der Waals surface area (Å²) in [5.74, 6) is -0.345. The van der Waals surface area contributed by atoms with Crippen molar-refractivity contribution in [3.63, 3.8) is 0 Å². The van der Waals surface area contributed by atoms with Crippen molar-refractivity contribution in [2.75, 3.05) is 0 Å². The summed E-state index contributed by atoms with van der Waals surface area (Å²) in [7, 11) is 0. The van der Waals surface area contributed by atoms with Gasteiger partial charge in [-0.3, -0.25) is 10.2 Å². The average molecular weight is 176 g/mol. The predicted molar refractivity (Wildman–Crippen MR) is 40.6 cm³/mol. The molecule has 0 saturated carbocycles. The predicted octanol–water partition coefficient (Wildman–Crippen LogP) is 1.83. The second-order valence-electron chi connectivity index (χ2n) is 1.74. The molecule has 0 aromatic heterocycles. The molecule has 0 radical (unpaired) electrons. The molecule has 0 aromatic carbocycles. The number of carbonyl (C=O) groups is 1. The van der Waals surface area contributed by atoms with Crippen molar-refractivity contribution in [2.24, 2.45) is 0 Å². The molecule has 0 atom stereocenters. The van der Waals surface area contributed by atoms with Crippen LogP contribution in [0.5, 0.6) is 0 Å². The lowest BCUT2D eigenvalue weighted by Crippen LogP contribution is -2.06. The van der Waals surface area contributed by atoms with Crippen LogP contribution in [0.15, 0.2) is 22.2 Å². The van der Waals surface area contributed by atoms with E-state index in [4.69, 9.17) is 28.6 Å². The maximum absolute atomic E-state index is 10.7. The highest BCUT2D eigenvalue weighted by Crippen LogP contribution is 2.20. The first-order chi connectivity index (χ1) is 4.63. The van der Waals surface area contributed by atoms with E-state index < -0.39 is 0 Å². The lowest BCUT2D eigenvalue weighted by atomic mass is 10.1. The van der Waals surface area contributed by atoms with E-state index in [1.807, 2.05) is 0 Å². The summed E-state index contributed by atoms with van der Waals surface area (Å²) >= 11 is 10.9. The van der Waals surface area contributed by atoms with E-state index >= 15 is 0 Å². The third-order valence-electron chi connectivity index (χ3n) is 1.05. The number of hydrogen-bond donors (Lipinski definition) is 1. The quantitative estimate of drug-likeness (QED) is 0.562. The highest BCUT2D eigenvalue weighted by molar-refractivity contribution is 6.57. The lowest BCUT2D eigenvalue weighted by molar-refractivity contribution is -0.110. The minimum Gasteiger partial charge on any atom is -0.299 e. The Morgan fingerprint density at radius 2 is 1.80 bits per heavy atom. The molecule has 2 nitrogen and oxygen atoms in total. The Morgan fingerprint density at radius 1 is 1.20 bits per heavy atom. The van der Waals surface area contributed by atoms with Crippen LogP contribution in [0.4, 0.5) is 0 Å². The molecule has 0 bridgehead atoms. The summed E-state index contributed by atoms with van der Waals surface area (Å²) in [6.45, 7) is 0. The van der Waals surface area contributed by atoms with E-state index in [0.29, 0.717) is 0 Å². The van der Waals surface area contributed by atoms with Crippen molar-refractivity contribution in [1.29, 1.82) is 5.41 Å². The zero-order valence-electron chi connectivity index (χ0n) is 4.82.